The summed E-state index contributed by atoms with van der Waals surface area (Å²) in [6.07, 6.45) is 0.679. The highest BCUT2D eigenvalue weighted by Crippen LogP contribution is 2.55. The fourth-order valence-electron chi connectivity index (χ4n) is 2.82. The molecule has 1 atom stereocenters. The molecule has 6 heteroatoms. The monoisotopic (exact) mass is 326 g/mol. The van der Waals surface area contributed by atoms with Crippen LogP contribution >= 0.6 is 7.60 Å². The van der Waals surface area contributed by atoms with Gasteiger partial charge in [-0.05, 0) is 25.8 Å². The third kappa shape index (κ3) is 4.64. The summed E-state index contributed by atoms with van der Waals surface area (Å²) in [4.78, 5) is 2.25. The summed E-state index contributed by atoms with van der Waals surface area (Å²) in [6.45, 7) is 8.06. The molecule has 2 rings (SSSR count). The smallest absolute Gasteiger partial charge is 0.314 e. The molecule has 1 saturated heterocycles. The highest BCUT2D eigenvalue weighted by molar-refractivity contribution is 7.54. The van der Waals surface area contributed by atoms with Crippen molar-refractivity contribution in [1.82, 2.24) is 10.2 Å². The molecule has 1 aliphatic rings. The molecular formula is C16H27N2O3P. The second-order valence-corrected chi connectivity index (χ2v) is 7.52. The van der Waals surface area contributed by atoms with Crippen molar-refractivity contribution in [3.05, 3.63) is 35.9 Å². The molecule has 0 bridgehead atoms. The molecular weight excluding hydrogens is 299 g/mol. The summed E-state index contributed by atoms with van der Waals surface area (Å²) in [6, 6.07) is 10.1. The third-order valence-corrected chi connectivity index (χ3v) is 6.29. The van der Waals surface area contributed by atoms with Gasteiger partial charge in [0.1, 0.15) is 5.78 Å². The molecule has 1 fully saturated rings. The van der Waals surface area contributed by atoms with Crippen LogP contribution < -0.4 is 5.32 Å². The van der Waals surface area contributed by atoms with Crippen LogP contribution in [0.2, 0.25) is 0 Å². The summed E-state index contributed by atoms with van der Waals surface area (Å²) >= 11 is 0. The van der Waals surface area contributed by atoms with Gasteiger partial charge < -0.3 is 14.4 Å². The summed E-state index contributed by atoms with van der Waals surface area (Å²) in [7, 11) is -3.17. The minimum Gasteiger partial charge on any atom is -0.314 e. The lowest BCUT2D eigenvalue weighted by atomic mass is 10.1. The summed E-state index contributed by atoms with van der Waals surface area (Å²) in [5.74, 6) is -0.225. The van der Waals surface area contributed by atoms with E-state index in [1.807, 2.05) is 32.0 Å². The maximum absolute atomic E-state index is 13.3. The molecule has 0 amide bonds. The minimum atomic E-state index is -3.17. The number of hydrogen-bond donors (Lipinski definition) is 1. The molecule has 0 aliphatic carbocycles. The minimum absolute atomic E-state index is 0.225. The zero-order valence-electron chi connectivity index (χ0n) is 13.5. The molecule has 5 nitrogen and oxygen atoms in total. The number of hydrogen-bond acceptors (Lipinski definition) is 5. The maximum atomic E-state index is 13.3. The van der Waals surface area contributed by atoms with E-state index in [9.17, 15) is 4.57 Å². The third-order valence-electron chi connectivity index (χ3n) is 3.82. The first-order valence-corrected chi connectivity index (χ1v) is 9.68. The number of nitrogens with zero attached hydrogens (tertiary/aromatic N) is 1. The molecule has 0 aromatic heterocycles. The predicted octanol–water partition coefficient (Wildman–Crippen LogP) is 2.73. The average molecular weight is 326 g/mol. The molecule has 1 unspecified atom stereocenters. The Bertz CT molecular complexity index is 468. The molecule has 22 heavy (non-hydrogen) atoms. The largest absolute Gasteiger partial charge is 0.347 e. The van der Waals surface area contributed by atoms with Crippen molar-refractivity contribution >= 4 is 7.60 Å². The maximum Gasteiger partial charge on any atom is 0.347 e. The number of benzene rings is 1. The second kappa shape index (κ2) is 8.80. The summed E-state index contributed by atoms with van der Waals surface area (Å²) < 4.78 is 24.6. The Morgan fingerprint density at radius 3 is 2.27 bits per heavy atom. The molecule has 1 aromatic carbocycles. The zero-order chi connectivity index (χ0) is 15.8. The van der Waals surface area contributed by atoms with E-state index in [2.05, 4.69) is 22.3 Å². The Morgan fingerprint density at radius 1 is 1.14 bits per heavy atom. The van der Waals surface area contributed by atoms with E-state index in [0.29, 0.717) is 19.6 Å². The van der Waals surface area contributed by atoms with Gasteiger partial charge in [0.25, 0.3) is 0 Å². The van der Waals surface area contributed by atoms with Gasteiger partial charge in [-0.2, -0.15) is 0 Å². The van der Waals surface area contributed by atoms with E-state index in [-0.39, 0.29) is 5.78 Å². The van der Waals surface area contributed by atoms with Crippen LogP contribution in [0.15, 0.2) is 30.3 Å². The molecule has 1 N–H and O–H groups in total. The normalized spacial score (nSPS) is 18.3. The van der Waals surface area contributed by atoms with Gasteiger partial charge >= 0.3 is 7.60 Å². The van der Waals surface area contributed by atoms with Gasteiger partial charge in [0, 0.05) is 26.2 Å². The molecule has 124 valence electrons. The van der Waals surface area contributed by atoms with E-state index in [4.69, 9.17) is 9.05 Å². The average Bonchev–Trinajstić information content (AvgIpc) is 2.55. The second-order valence-electron chi connectivity index (χ2n) is 5.33. The Morgan fingerprint density at radius 2 is 1.73 bits per heavy atom. The van der Waals surface area contributed by atoms with E-state index < -0.39 is 7.60 Å². The van der Waals surface area contributed by atoms with Crippen LogP contribution in [-0.2, 0) is 20.0 Å². The van der Waals surface area contributed by atoms with Crippen molar-refractivity contribution in [2.45, 2.75) is 26.1 Å². The SMILES string of the molecule is CCOP(=O)(OCC)C(Cc1ccccc1)N1CCNCC1. The van der Waals surface area contributed by atoms with Crippen molar-refractivity contribution in [2.75, 3.05) is 39.4 Å². The highest BCUT2D eigenvalue weighted by atomic mass is 31.2. The standard InChI is InChI=1S/C16H27N2O3P/c1-3-20-22(19,21-4-2)16(18-12-10-17-11-13-18)14-15-8-6-5-7-9-15/h5-9,16-17H,3-4,10-14H2,1-2H3. The molecule has 0 saturated carbocycles. The Balaban J connectivity index is 2.24. The topological polar surface area (TPSA) is 50.8 Å². The van der Waals surface area contributed by atoms with Crippen LogP contribution in [0.5, 0.6) is 0 Å². The summed E-state index contributed by atoms with van der Waals surface area (Å²) in [5.41, 5.74) is 1.16. The fourth-order valence-corrected chi connectivity index (χ4v) is 5.02. The van der Waals surface area contributed by atoms with Crippen LogP contribution in [0.25, 0.3) is 0 Å². The quantitative estimate of drug-likeness (QED) is 0.745. The Labute approximate surface area is 133 Å². The highest BCUT2D eigenvalue weighted by Gasteiger charge is 2.40. The van der Waals surface area contributed by atoms with Gasteiger partial charge in [0.05, 0.1) is 13.2 Å². The van der Waals surface area contributed by atoms with E-state index in [0.717, 1.165) is 31.7 Å². The van der Waals surface area contributed by atoms with Gasteiger partial charge in [-0.25, -0.2) is 0 Å². The zero-order valence-corrected chi connectivity index (χ0v) is 14.4. The van der Waals surface area contributed by atoms with Crippen molar-refractivity contribution in [3.63, 3.8) is 0 Å². The van der Waals surface area contributed by atoms with Gasteiger partial charge in [-0.3, -0.25) is 9.46 Å². The Kier molecular flexibility index (Phi) is 7.06. The van der Waals surface area contributed by atoms with Crippen molar-refractivity contribution < 1.29 is 13.6 Å². The summed E-state index contributed by atoms with van der Waals surface area (Å²) in [5, 5.41) is 3.34. The number of rotatable bonds is 8. The Hall–Kier alpha value is -0.710. The van der Waals surface area contributed by atoms with Gasteiger partial charge in [0.2, 0.25) is 0 Å². The van der Waals surface area contributed by atoms with Crippen molar-refractivity contribution in [2.24, 2.45) is 0 Å². The van der Waals surface area contributed by atoms with Gasteiger partial charge in [-0.15, -0.1) is 0 Å². The number of nitrogens with one attached hydrogen (secondary N) is 1. The van der Waals surface area contributed by atoms with E-state index >= 15 is 0 Å². The lowest BCUT2D eigenvalue weighted by Gasteiger charge is -2.38. The molecule has 1 heterocycles. The molecule has 1 aliphatic heterocycles. The van der Waals surface area contributed by atoms with Crippen molar-refractivity contribution in [1.29, 1.82) is 0 Å². The van der Waals surface area contributed by atoms with E-state index in [1.165, 1.54) is 0 Å². The van der Waals surface area contributed by atoms with Crippen molar-refractivity contribution in [3.8, 4) is 0 Å². The first-order chi connectivity index (χ1) is 10.7. The van der Waals surface area contributed by atoms with E-state index in [1.54, 1.807) is 0 Å². The molecule has 0 radical (unpaired) electrons. The molecule has 0 spiro atoms. The molecule has 1 aromatic rings. The lowest BCUT2D eigenvalue weighted by molar-refractivity contribution is 0.151. The fraction of sp³-hybridized carbons (Fsp3) is 0.625. The number of piperazine rings is 1. The first-order valence-electron chi connectivity index (χ1n) is 8.07. The lowest BCUT2D eigenvalue weighted by Crippen LogP contribution is -2.49. The van der Waals surface area contributed by atoms with Crippen LogP contribution in [-0.4, -0.2) is 50.1 Å². The van der Waals surface area contributed by atoms with Gasteiger partial charge in [-0.1, -0.05) is 30.3 Å². The predicted molar refractivity (Wildman–Crippen MR) is 89.2 cm³/mol. The van der Waals surface area contributed by atoms with Crippen LogP contribution in [0.3, 0.4) is 0 Å². The van der Waals surface area contributed by atoms with Crippen LogP contribution in [0, 0.1) is 0 Å². The van der Waals surface area contributed by atoms with Crippen LogP contribution in [0.1, 0.15) is 19.4 Å². The van der Waals surface area contributed by atoms with Crippen LogP contribution in [0.4, 0.5) is 0 Å². The first kappa shape index (κ1) is 17.6. The van der Waals surface area contributed by atoms with Gasteiger partial charge in [0.15, 0.2) is 0 Å².